The van der Waals surface area contributed by atoms with Gasteiger partial charge < -0.3 is 11.5 Å². The summed E-state index contributed by atoms with van der Waals surface area (Å²) in [7, 11) is 0. The molecule has 4 nitrogen and oxygen atoms in total. The molecule has 0 aliphatic carbocycles. The average molecular weight is 193 g/mol. The van der Waals surface area contributed by atoms with E-state index in [1.807, 2.05) is 0 Å². The van der Waals surface area contributed by atoms with Crippen LogP contribution in [-0.2, 0) is 18.8 Å². The third kappa shape index (κ3) is 24.1. The zero-order valence-corrected chi connectivity index (χ0v) is 6.79. The van der Waals surface area contributed by atoms with Crippen molar-refractivity contribution in [3.05, 3.63) is 6.54 Å². The van der Waals surface area contributed by atoms with E-state index in [1.165, 1.54) is 0 Å². The molecule has 0 radical (unpaired) electrons. The molecule has 5 heteroatoms. The van der Waals surface area contributed by atoms with E-state index < -0.39 is 15.0 Å². The van der Waals surface area contributed by atoms with E-state index in [1.54, 1.807) is 6.54 Å². The zero-order chi connectivity index (χ0) is 8.24. The summed E-state index contributed by atoms with van der Waals surface area (Å²) in [6.07, 6.45) is 3.22. The van der Waals surface area contributed by atoms with Gasteiger partial charge in [-0.25, -0.2) is 0 Å². The second kappa shape index (κ2) is 16.1. The maximum absolute atomic E-state index is 8.45. The Morgan fingerprint density at radius 2 is 2.00 bits per heavy atom. The Bertz CT molecular complexity index is 59.6. The summed E-state index contributed by atoms with van der Waals surface area (Å²) in [6.45, 7) is 2.46. The number of rotatable bonds is 4. The van der Waals surface area contributed by atoms with Crippen LogP contribution in [0.25, 0.3) is 0 Å². The molecule has 0 aliphatic heterocycles. The molecule has 0 fully saturated rings. The molecule has 0 aromatic rings. The fourth-order valence-electron chi connectivity index (χ4n) is 0.407. The summed E-state index contributed by atoms with van der Waals surface area (Å²) < 4.78 is 15.4. The van der Waals surface area contributed by atoms with Gasteiger partial charge in [-0.1, -0.05) is 6.42 Å². The molecule has 0 amide bonds. The van der Waals surface area contributed by atoms with E-state index in [-0.39, 0.29) is 0 Å². The van der Waals surface area contributed by atoms with E-state index in [0.29, 0.717) is 0 Å². The third-order valence-electron chi connectivity index (χ3n) is 0.825. The molecule has 0 heterocycles. The van der Waals surface area contributed by atoms with E-state index in [4.69, 9.17) is 19.6 Å². The molecule has 10 heavy (non-hydrogen) atoms. The van der Waals surface area contributed by atoms with Gasteiger partial charge in [0.05, 0.1) is 0 Å². The topological polar surface area (TPSA) is 89.3 Å². The monoisotopic (exact) mass is 193 g/mol. The van der Waals surface area contributed by atoms with Crippen molar-refractivity contribution in [1.82, 2.24) is 0 Å². The summed E-state index contributed by atoms with van der Waals surface area (Å²) in [5.41, 5.74) is 10.3. The van der Waals surface area contributed by atoms with E-state index >= 15 is 0 Å². The SMILES string of the molecule is N[CH-]CCCCN.[O]=[Co][OH]. The fraction of sp³-hybridized carbons (Fsp3) is 0.800. The first-order valence-electron chi connectivity index (χ1n) is 2.93. The van der Waals surface area contributed by atoms with E-state index in [9.17, 15) is 0 Å². The second-order valence-corrected chi connectivity index (χ2v) is 1.77. The Balaban J connectivity index is 0. The van der Waals surface area contributed by atoms with Gasteiger partial charge in [-0.3, -0.25) is 6.54 Å². The zero-order valence-electron chi connectivity index (χ0n) is 5.75. The van der Waals surface area contributed by atoms with Gasteiger partial charge in [0.1, 0.15) is 0 Å². The van der Waals surface area contributed by atoms with Crippen molar-refractivity contribution >= 4 is 0 Å². The van der Waals surface area contributed by atoms with Crippen molar-refractivity contribution in [3.8, 4) is 0 Å². The van der Waals surface area contributed by atoms with Gasteiger partial charge in [-0.2, -0.15) is 6.42 Å². The Kier molecular flexibility index (Phi) is 20.6. The van der Waals surface area contributed by atoms with Crippen molar-refractivity contribution in [2.24, 2.45) is 11.5 Å². The number of nitrogens with two attached hydrogens (primary N) is 2. The quantitative estimate of drug-likeness (QED) is 0.417. The maximum atomic E-state index is 8.45. The minimum atomic E-state index is -0.812. The number of hydrogen-bond acceptors (Lipinski definition) is 3. The van der Waals surface area contributed by atoms with Crippen LogP contribution in [0.5, 0.6) is 0 Å². The first-order valence-corrected chi connectivity index (χ1v) is 3.83. The Morgan fingerprint density at radius 3 is 2.30 bits per heavy atom. The van der Waals surface area contributed by atoms with Gasteiger partial charge in [0.25, 0.3) is 0 Å². The standard InChI is InChI=1S/C5H13N2.Co.H2O.O/c6-4-2-1-3-5-7;;;/h4H,1-3,5-7H2;;1H2;/q-1;+1;;/p-1. The van der Waals surface area contributed by atoms with Crippen LogP contribution in [-0.4, -0.2) is 10.8 Å². The number of hydrogen-bond donors (Lipinski definition) is 3. The molecule has 0 atom stereocenters. The molecule has 0 aromatic heterocycles. The normalized spacial score (nSPS) is 8.70. The Labute approximate surface area is 67.5 Å². The number of unbranched alkanes of at least 4 members (excludes halogenated alkanes) is 2. The van der Waals surface area contributed by atoms with Crippen LogP contribution in [0.2, 0.25) is 0 Å². The summed E-state index contributed by atoms with van der Waals surface area (Å²) in [6, 6.07) is 0. The van der Waals surface area contributed by atoms with Crippen LogP contribution in [0, 0.1) is 6.54 Å². The van der Waals surface area contributed by atoms with E-state index in [2.05, 4.69) is 0 Å². The van der Waals surface area contributed by atoms with E-state index in [0.717, 1.165) is 25.8 Å². The third-order valence-corrected chi connectivity index (χ3v) is 0.825. The molecule has 66 valence electrons. The van der Waals surface area contributed by atoms with Gasteiger partial charge in [0.15, 0.2) is 0 Å². The molecule has 0 spiro atoms. The first kappa shape index (κ1) is 12.8. The van der Waals surface area contributed by atoms with Crippen LogP contribution < -0.4 is 11.5 Å². The predicted molar refractivity (Wildman–Crippen MR) is 34.3 cm³/mol. The fourth-order valence-corrected chi connectivity index (χ4v) is 0.407. The van der Waals surface area contributed by atoms with Crippen LogP contribution in [0.1, 0.15) is 19.3 Å². The van der Waals surface area contributed by atoms with Crippen LogP contribution in [0.3, 0.4) is 0 Å². The molecule has 0 saturated carbocycles. The van der Waals surface area contributed by atoms with Gasteiger partial charge >= 0.3 is 23.0 Å². The summed E-state index contributed by atoms with van der Waals surface area (Å²) in [5, 5.41) is 0. The summed E-state index contributed by atoms with van der Waals surface area (Å²) in [4.78, 5) is 0. The van der Waals surface area contributed by atoms with Gasteiger partial charge in [-0.05, 0) is 13.0 Å². The molecule has 0 saturated heterocycles. The minimum absolute atomic E-state index is 0.786. The molecule has 0 aliphatic rings. The predicted octanol–water partition coefficient (Wildman–Crippen LogP) is -0.442. The van der Waals surface area contributed by atoms with Crippen molar-refractivity contribution in [2.75, 3.05) is 6.54 Å². The van der Waals surface area contributed by atoms with Gasteiger partial charge in [-0.15, -0.1) is 0 Å². The van der Waals surface area contributed by atoms with Crippen molar-refractivity contribution in [3.63, 3.8) is 0 Å². The van der Waals surface area contributed by atoms with Crippen molar-refractivity contribution in [2.45, 2.75) is 19.3 Å². The molecular weight excluding hydrogens is 179 g/mol. The Morgan fingerprint density at radius 1 is 1.50 bits per heavy atom. The van der Waals surface area contributed by atoms with Crippen molar-refractivity contribution in [1.29, 1.82) is 0 Å². The summed E-state index contributed by atoms with van der Waals surface area (Å²) in [5.74, 6) is 0. The van der Waals surface area contributed by atoms with Crippen molar-refractivity contribution < 1.29 is 23.0 Å². The second-order valence-electron chi connectivity index (χ2n) is 1.58. The Hall–Kier alpha value is 0.186. The molecule has 0 bridgehead atoms. The molecule has 0 rings (SSSR count). The van der Waals surface area contributed by atoms with Gasteiger partial charge in [0.2, 0.25) is 0 Å². The van der Waals surface area contributed by atoms with Crippen LogP contribution in [0.15, 0.2) is 0 Å². The summed E-state index contributed by atoms with van der Waals surface area (Å²) >= 11 is -0.812. The van der Waals surface area contributed by atoms with Gasteiger partial charge in [0, 0.05) is 0 Å². The van der Waals surface area contributed by atoms with Crippen LogP contribution >= 0.6 is 0 Å². The molecule has 5 N–H and O–H groups in total. The molecular formula is C5H14CoN2O2-. The average Bonchev–Trinajstić information content (AvgIpc) is 1.91. The first-order chi connectivity index (χ1) is 4.83. The molecule has 0 unspecified atom stereocenters. The van der Waals surface area contributed by atoms with Crippen LogP contribution in [0.4, 0.5) is 0 Å². The molecule has 0 aromatic carbocycles.